The normalized spacial score (nSPS) is 10.4. The summed E-state index contributed by atoms with van der Waals surface area (Å²) in [5.74, 6) is -0.531. The molecule has 0 spiro atoms. The molecule has 0 N–H and O–H groups in total. The molecule has 0 saturated carbocycles. The molecule has 21 heavy (non-hydrogen) atoms. The van der Waals surface area contributed by atoms with Crippen LogP contribution in [0.3, 0.4) is 0 Å². The molecule has 0 bridgehead atoms. The minimum absolute atomic E-state index is 0.0289. The molecule has 0 unspecified atom stereocenters. The Hall–Kier alpha value is -1.91. The number of nitrogens with zero attached hydrogens (tertiary/aromatic N) is 3. The van der Waals surface area contributed by atoms with Gasteiger partial charge in [0.25, 0.3) is 5.56 Å². The number of rotatable bonds is 2. The van der Waals surface area contributed by atoms with Gasteiger partial charge in [-0.1, -0.05) is 11.6 Å². The molecule has 0 aliphatic heterocycles. The smallest absolute Gasteiger partial charge is 0.278 e. The Bertz CT molecular complexity index is 883. The molecule has 1 heterocycles. The predicted molar refractivity (Wildman–Crippen MR) is 78.9 cm³/mol. The molecule has 0 radical (unpaired) electrons. The number of aromatic nitrogens is 2. The summed E-state index contributed by atoms with van der Waals surface area (Å²) in [6, 6.07) is 5.55. The molecule has 8 heteroatoms. The van der Waals surface area contributed by atoms with E-state index in [-0.39, 0.29) is 21.7 Å². The summed E-state index contributed by atoms with van der Waals surface area (Å²) in [6.45, 7) is -0.120. The average molecular weight is 373 g/mol. The molecule has 0 fully saturated rings. The third kappa shape index (κ3) is 2.77. The van der Waals surface area contributed by atoms with Crippen LogP contribution in [0.1, 0.15) is 11.1 Å². The highest BCUT2D eigenvalue weighted by Gasteiger charge is 2.15. The number of benzene rings is 1. The molecule has 5 nitrogen and oxygen atoms in total. The molecule has 108 valence electrons. The Morgan fingerprint density at radius 2 is 2.10 bits per heavy atom. The maximum Gasteiger partial charge on any atom is 0.332 e. The van der Waals surface area contributed by atoms with Gasteiger partial charge in [0.05, 0.1) is 18.2 Å². The third-order valence-corrected chi connectivity index (χ3v) is 4.28. The Morgan fingerprint density at radius 1 is 1.43 bits per heavy atom. The number of halogens is 3. The number of hydrogen-bond donors (Lipinski definition) is 0. The Morgan fingerprint density at radius 3 is 2.71 bits per heavy atom. The summed E-state index contributed by atoms with van der Waals surface area (Å²) in [7, 11) is 1.30. The average Bonchev–Trinajstić information content (AvgIpc) is 2.48. The maximum absolute atomic E-state index is 13.3. The molecule has 0 aliphatic carbocycles. The first-order valence-corrected chi connectivity index (χ1v) is 6.87. The summed E-state index contributed by atoms with van der Waals surface area (Å²) in [5, 5.41) is 8.92. The van der Waals surface area contributed by atoms with Crippen LogP contribution in [0, 0.1) is 17.1 Å². The fraction of sp³-hybridized carbons (Fsp3) is 0.154. The van der Waals surface area contributed by atoms with Crippen molar-refractivity contribution < 1.29 is 4.39 Å². The Labute approximate surface area is 131 Å². The molecule has 1 aromatic heterocycles. The fourth-order valence-electron chi connectivity index (χ4n) is 1.82. The molecule has 2 rings (SSSR count). The predicted octanol–water partition coefficient (Wildman–Crippen LogP) is 2.02. The van der Waals surface area contributed by atoms with Crippen LogP contribution >= 0.6 is 27.5 Å². The summed E-state index contributed by atoms with van der Waals surface area (Å²) >= 11 is 9.00. The van der Waals surface area contributed by atoms with Crippen LogP contribution < -0.4 is 11.2 Å². The Balaban J connectivity index is 2.67. The van der Waals surface area contributed by atoms with Gasteiger partial charge < -0.3 is 0 Å². The summed E-state index contributed by atoms with van der Waals surface area (Å²) in [5.41, 5.74) is -0.696. The van der Waals surface area contributed by atoms with Crippen LogP contribution in [-0.4, -0.2) is 9.13 Å². The third-order valence-electron chi connectivity index (χ3n) is 2.94. The van der Waals surface area contributed by atoms with E-state index in [4.69, 9.17) is 16.9 Å². The van der Waals surface area contributed by atoms with E-state index in [9.17, 15) is 14.0 Å². The fourth-order valence-corrected chi connectivity index (χ4v) is 2.51. The van der Waals surface area contributed by atoms with Crippen molar-refractivity contribution in [1.29, 1.82) is 5.26 Å². The van der Waals surface area contributed by atoms with Gasteiger partial charge in [-0.15, -0.1) is 0 Å². The highest BCUT2D eigenvalue weighted by molar-refractivity contribution is 9.10. The molecule has 0 aliphatic rings. The second-order valence-electron chi connectivity index (χ2n) is 4.25. The van der Waals surface area contributed by atoms with E-state index < -0.39 is 17.1 Å². The quantitative estimate of drug-likeness (QED) is 0.758. The molecule has 1 aromatic carbocycles. The molecular formula is C13H8BrClFN3O2. The van der Waals surface area contributed by atoms with Gasteiger partial charge >= 0.3 is 5.69 Å². The monoisotopic (exact) mass is 371 g/mol. The van der Waals surface area contributed by atoms with E-state index in [1.807, 2.05) is 6.07 Å². The summed E-state index contributed by atoms with van der Waals surface area (Å²) < 4.78 is 15.3. The van der Waals surface area contributed by atoms with Crippen molar-refractivity contribution in [2.45, 2.75) is 6.54 Å². The maximum atomic E-state index is 13.3. The number of nitriles is 1. The van der Waals surface area contributed by atoms with Gasteiger partial charge in [-0.3, -0.25) is 13.9 Å². The molecule has 0 atom stereocenters. The van der Waals surface area contributed by atoms with Crippen LogP contribution in [0.4, 0.5) is 4.39 Å². The minimum atomic E-state index is -0.652. The van der Waals surface area contributed by atoms with Gasteiger partial charge in [-0.25, -0.2) is 9.18 Å². The van der Waals surface area contributed by atoms with Crippen LogP contribution in [0.2, 0.25) is 5.15 Å². The van der Waals surface area contributed by atoms with Crippen molar-refractivity contribution in [3.63, 3.8) is 0 Å². The summed E-state index contributed by atoms with van der Waals surface area (Å²) in [4.78, 5) is 23.8. The van der Waals surface area contributed by atoms with Crippen LogP contribution in [0.25, 0.3) is 0 Å². The number of hydrogen-bond acceptors (Lipinski definition) is 3. The first-order valence-electron chi connectivity index (χ1n) is 5.70. The standard InChI is InChI=1S/C13H8BrClFN3O2/c1-18-12(20)10(14)11(15)19(13(18)21)6-8-4-9(16)3-2-7(8)5-17/h2-4H,6H2,1H3. The van der Waals surface area contributed by atoms with E-state index in [1.165, 1.54) is 13.1 Å². The van der Waals surface area contributed by atoms with Crippen molar-refractivity contribution in [2.24, 2.45) is 7.05 Å². The molecule has 2 aromatic rings. The largest absolute Gasteiger partial charge is 0.332 e. The van der Waals surface area contributed by atoms with E-state index in [1.54, 1.807) is 0 Å². The van der Waals surface area contributed by atoms with Gasteiger partial charge in [-0.2, -0.15) is 5.26 Å². The van der Waals surface area contributed by atoms with E-state index in [0.29, 0.717) is 5.56 Å². The van der Waals surface area contributed by atoms with Crippen molar-refractivity contribution >= 4 is 27.5 Å². The van der Waals surface area contributed by atoms with Gasteiger partial charge in [0.2, 0.25) is 0 Å². The van der Waals surface area contributed by atoms with E-state index in [0.717, 1.165) is 21.3 Å². The van der Waals surface area contributed by atoms with Gasteiger partial charge in [0, 0.05) is 7.05 Å². The van der Waals surface area contributed by atoms with Gasteiger partial charge in [-0.05, 0) is 39.7 Å². The van der Waals surface area contributed by atoms with E-state index >= 15 is 0 Å². The van der Waals surface area contributed by atoms with Crippen molar-refractivity contribution in [1.82, 2.24) is 9.13 Å². The lowest BCUT2D eigenvalue weighted by Gasteiger charge is -2.12. The zero-order valence-electron chi connectivity index (χ0n) is 10.7. The lowest BCUT2D eigenvalue weighted by atomic mass is 10.1. The van der Waals surface area contributed by atoms with Gasteiger partial charge in [0.1, 0.15) is 15.4 Å². The minimum Gasteiger partial charge on any atom is -0.278 e. The van der Waals surface area contributed by atoms with Crippen molar-refractivity contribution in [3.8, 4) is 6.07 Å². The topological polar surface area (TPSA) is 67.8 Å². The van der Waals surface area contributed by atoms with Crippen molar-refractivity contribution in [2.75, 3.05) is 0 Å². The van der Waals surface area contributed by atoms with Crippen LogP contribution in [-0.2, 0) is 13.6 Å². The lowest BCUT2D eigenvalue weighted by Crippen LogP contribution is -2.39. The van der Waals surface area contributed by atoms with Crippen molar-refractivity contribution in [3.05, 3.63) is 65.6 Å². The van der Waals surface area contributed by atoms with Crippen LogP contribution in [0.15, 0.2) is 32.3 Å². The Kier molecular flexibility index (Phi) is 4.30. The van der Waals surface area contributed by atoms with E-state index in [2.05, 4.69) is 15.9 Å². The molecule has 0 saturated heterocycles. The molecule has 0 amide bonds. The highest BCUT2D eigenvalue weighted by Crippen LogP contribution is 2.19. The second-order valence-corrected chi connectivity index (χ2v) is 5.40. The van der Waals surface area contributed by atoms with Crippen LogP contribution in [0.5, 0.6) is 0 Å². The molecular weight excluding hydrogens is 365 g/mol. The first kappa shape index (κ1) is 15.5. The summed E-state index contributed by atoms with van der Waals surface area (Å²) in [6.07, 6.45) is 0. The first-order chi connectivity index (χ1) is 9.86. The highest BCUT2D eigenvalue weighted by atomic mass is 79.9. The lowest BCUT2D eigenvalue weighted by molar-refractivity contribution is 0.614. The van der Waals surface area contributed by atoms with Gasteiger partial charge in [0.15, 0.2) is 0 Å². The zero-order valence-corrected chi connectivity index (χ0v) is 13.1. The zero-order chi connectivity index (χ0) is 15.7. The SMILES string of the molecule is Cn1c(=O)c(Br)c(Cl)n(Cc2cc(F)ccc2C#N)c1=O. The second kappa shape index (κ2) is 5.84.